The number of rotatable bonds is 9. The van der Waals surface area contributed by atoms with E-state index in [0.29, 0.717) is 11.3 Å². The fourth-order valence-corrected chi connectivity index (χ4v) is 5.26. The van der Waals surface area contributed by atoms with Crippen molar-refractivity contribution in [2.24, 2.45) is 5.92 Å². The topological polar surface area (TPSA) is 108 Å². The molecule has 0 heterocycles. The minimum atomic E-state index is -1.02. The van der Waals surface area contributed by atoms with E-state index in [1.54, 1.807) is 37.8 Å². The molecule has 3 amide bonds. The van der Waals surface area contributed by atoms with Crippen LogP contribution < -0.4 is 10.6 Å². The van der Waals surface area contributed by atoms with Crippen LogP contribution in [-0.4, -0.2) is 45.6 Å². The quantitative estimate of drug-likeness (QED) is 0.271. The summed E-state index contributed by atoms with van der Waals surface area (Å²) in [7, 11) is 0. The summed E-state index contributed by atoms with van der Waals surface area (Å²) in [6.07, 6.45) is 0.165. The number of benzene rings is 3. The largest absolute Gasteiger partial charge is 0.508 e. The fourth-order valence-electron chi connectivity index (χ4n) is 5.26. The molecule has 0 saturated heterocycles. The number of phenolic OH excluding ortho intramolecular Hbond substituents is 1. The van der Waals surface area contributed by atoms with Gasteiger partial charge in [-0.15, -0.1) is 0 Å². The first-order valence-corrected chi connectivity index (χ1v) is 14.8. The van der Waals surface area contributed by atoms with Gasteiger partial charge in [0, 0.05) is 18.2 Å². The van der Waals surface area contributed by atoms with Crippen molar-refractivity contribution in [3.05, 3.63) is 94.5 Å². The molecule has 3 aromatic rings. The molecule has 43 heavy (non-hydrogen) atoms. The van der Waals surface area contributed by atoms with Crippen LogP contribution in [0.3, 0.4) is 0 Å². The van der Waals surface area contributed by atoms with Crippen molar-refractivity contribution in [1.82, 2.24) is 10.2 Å². The second-order valence-electron chi connectivity index (χ2n) is 12.7. The van der Waals surface area contributed by atoms with Crippen molar-refractivity contribution in [2.45, 2.75) is 85.0 Å². The molecule has 8 heteroatoms. The van der Waals surface area contributed by atoms with Crippen LogP contribution in [0, 0.1) is 26.7 Å². The second-order valence-corrected chi connectivity index (χ2v) is 12.7. The minimum Gasteiger partial charge on any atom is -0.508 e. The summed E-state index contributed by atoms with van der Waals surface area (Å²) in [6, 6.07) is 17.8. The number of anilines is 1. The lowest BCUT2D eigenvalue weighted by atomic mass is 9.98. The van der Waals surface area contributed by atoms with Crippen molar-refractivity contribution in [1.29, 1.82) is 0 Å². The lowest BCUT2D eigenvalue weighted by molar-refractivity contribution is -0.141. The third-order valence-corrected chi connectivity index (χ3v) is 7.69. The van der Waals surface area contributed by atoms with Crippen molar-refractivity contribution in [2.75, 3.05) is 5.32 Å². The molecule has 0 radical (unpaired) electrons. The van der Waals surface area contributed by atoms with Crippen LogP contribution in [0.1, 0.15) is 68.0 Å². The number of alkyl carbamates (subject to hydrolysis) is 1. The Hall–Kier alpha value is -4.33. The zero-order chi connectivity index (χ0) is 31.5. The van der Waals surface area contributed by atoms with Crippen LogP contribution in [0.15, 0.2) is 66.7 Å². The van der Waals surface area contributed by atoms with E-state index in [0.717, 1.165) is 28.7 Å². The molecule has 1 saturated carbocycles. The summed E-state index contributed by atoms with van der Waals surface area (Å²) in [5.74, 6) is -0.423. The van der Waals surface area contributed by atoms with Crippen LogP contribution in [0.4, 0.5) is 10.5 Å². The number of aryl methyl sites for hydroxylation is 3. The minimum absolute atomic E-state index is 0.0998. The third-order valence-electron chi connectivity index (χ3n) is 7.69. The van der Waals surface area contributed by atoms with Gasteiger partial charge in [-0.3, -0.25) is 9.59 Å². The predicted octanol–water partition coefficient (Wildman–Crippen LogP) is 6.37. The molecule has 1 aliphatic carbocycles. The van der Waals surface area contributed by atoms with Crippen LogP contribution >= 0.6 is 0 Å². The zero-order valence-electron chi connectivity index (χ0n) is 26.1. The maximum absolute atomic E-state index is 14.6. The maximum atomic E-state index is 14.6. The Balaban J connectivity index is 1.76. The summed E-state index contributed by atoms with van der Waals surface area (Å²) in [4.78, 5) is 43.6. The highest BCUT2D eigenvalue weighted by Gasteiger charge is 2.48. The molecule has 0 spiro atoms. The Morgan fingerprint density at radius 3 is 2.07 bits per heavy atom. The van der Waals surface area contributed by atoms with E-state index in [-0.39, 0.29) is 35.9 Å². The highest BCUT2D eigenvalue weighted by atomic mass is 16.6. The average molecular weight is 586 g/mol. The second kappa shape index (κ2) is 12.9. The standard InChI is InChI=1S/C35H43N3O5/c1-21-11-15-26(16-12-21)31(32(40)37-30-22(2)9-8-10-23(30)3)38(29-19-24(29)4)33(41)28(36-34(42)43-35(5,6)7)20-25-13-17-27(39)18-14-25/h8-18,24,28-29,31,39H,19-20H2,1-7H3,(H,36,42)(H,37,40). The van der Waals surface area contributed by atoms with Gasteiger partial charge in [0.2, 0.25) is 5.91 Å². The van der Waals surface area contributed by atoms with Crippen molar-refractivity contribution >= 4 is 23.6 Å². The van der Waals surface area contributed by atoms with Crippen LogP contribution in [0.2, 0.25) is 0 Å². The lowest BCUT2D eigenvalue weighted by Crippen LogP contribution is -2.54. The highest BCUT2D eigenvalue weighted by molar-refractivity contribution is 6.00. The number of carbonyl (C=O) groups is 3. The number of ether oxygens (including phenoxy) is 1. The Morgan fingerprint density at radius 1 is 0.953 bits per heavy atom. The van der Waals surface area contributed by atoms with Gasteiger partial charge in [-0.05, 0) is 88.3 Å². The summed E-state index contributed by atoms with van der Waals surface area (Å²) in [6.45, 7) is 13.2. The average Bonchev–Trinajstić information content (AvgIpc) is 3.65. The van der Waals surface area contributed by atoms with Gasteiger partial charge in [0.05, 0.1) is 0 Å². The summed E-state index contributed by atoms with van der Waals surface area (Å²) < 4.78 is 5.52. The number of para-hydroxylation sites is 1. The molecule has 3 N–H and O–H groups in total. The molecule has 4 unspecified atom stereocenters. The number of carbonyl (C=O) groups excluding carboxylic acids is 3. The van der Waals surface area contributed by atoms with Crippen molar-refractivity contribution in [3.63, 3.8) is 0 Å². The number of phenols is 1. The summed E-state index contributed by atoms with van der Waals surface area (Å²) in [5, 5.41) is 15.7. The number of aromatic hydroxyl groups is 1. The Bertz CT molecular complexity index is 1440. The molecule has 228 valence electrons. The Labute approximate surface area is 254 Å². The Morgan fingerprint density at radius 2 is 1.53 bits per heavy atom. The van der Waals surface area contributed by atoms with Gasteiger partial charge in [0.15, 0.2) is 0 Å². The van der Waals surface area contributed by atoms with E-state index in [1.807, 2.05) is 63.2 Å². The highest BCUT2D eigenvalue weighted by Crippen LogP contribution is 2.41. The van der Waals surface area contributed by atoms with E-state index in [1.165, 1.54) is 12.1 Å². The van der Waals surface area contributed by atoms with E-state index >= 15 is 0 Å². The smallest absolute Gasteiger partial charge is 0.408 e. The Kier molecular flexibility index (Phi) is 9.48. The summed E-state index contributed by atoms with van der Waals surface area (Å²) >= 11 is 0. The van der Waals surface area contributed by atoms with E-state index in [4.69, 9.17) is 4.74 Å². The van der Waals surface area contributed by atoms with Crippen LogP contribution in [0.25, 0.3) is 0 Å². The molecular weight excluding hydrogens is 542 g/mol. The first-order valence-electron chi connectivity index (χ1n) is 14.8. The molecule has 3 aromatic carbocycles. The fraction of sp³-hybridized carbons (Fsp3) is 0.400. The first kappa shape index (κ1) is 31.6. The predicted molar refractivity (Wildman–Crippen MR) is 168 cm³/mol. The maximum Gasteiger partial charge on any atom is 0.408 e. The van der Waals surface area contributed by atoms with Gasteiger partial charge in [-0.1, -0.05) is 67.1 Å². The van der Waals surface area contributed by atoms with E-state index in [9.17, 15) is 19.5 Å². The summed E-state index contributed by atoms with van der Waals surface area (Å²) in [5.41, 5.74) is 4.25. The number of hydrogen-bond donors (Lipinski definition) is 3. The zero-order valence-corrected chi connectivity index (χ0v) is 26.1. The molecular formula is C35H43N3O5. The van der Waals surface area contributed by atoms with Gasteiger partial charge >= 0.3 is 6.09 Å². The molecule has 1 aliphatic rings. The molecule has 8 nitrogen and oxygen atoms in total. The third kappa shape index (κ3) is 8.15. The molecule has 0 bridgehead atoms. The number of hydrogen-bond acceptors (Lipinski definition) is 5. The first-order chi connectivity index (χ1) is 20.2. The van der Waals surface area contributed by atoms with Crippen LogP contribution in [0.5, 0.6) is 5.75 Å². The van der Waals surface area contributed by atoms with Crippen LogP contribution in [-0.2, 0) is 20.7 Å². The van der Waals surface area contributed by atoms with E-state index in [2.05, 4.69) is 17.6 Å². The van der Waals surface area contributed by atoms with Crippen molar-refractivity contribution < 1.29 is 24.2 Å². The molecule has 0 aromatic heterocycles. The van der Waals surface area contributed by atoms with Gasteiger partial charge in [-0.2, -0.15) is 0 Å². The molecule has 4 rings (SSSR count). The molecule has 4 atom stereocenters. The monoisotopic (exact) mass is 585 g/mol. The number of nitrogens with one attached hydrogen (secondary N) is 2. The lowest BCUT2D eigenvalue weighted by Gasteiger charge is -2.35. The van der Waals surface area contributed by atoms with Gasteiger partial charge < -0.3 is 25.4 Å². The van der Waals surface area contributed by atoms with Crippen molar-refractivity contribution in [3.8, 4) is 5.75 Å². The number of nitrogens with zero attached hydrogens (tertiary/aromatic N) is 1. The van der Waals surface area contributed by atoms with Gasteiger partial charge in [-0.25, -0.2) is 4.79 Å². The molecule has 1 fully saturated rings. The SMILES string of the molecule is Cc1ccc(C(C(=O)Nc2c(C)cccc2C)N(C(=O)C(Cc2ccc(O)cc2)NC(=O)OC(C)(C)C)C2CC2C)cc1. The number of amides is 3. The molecule has 0 aliphatic heterocycles. The van der Waals surface area contributed by atoms with E-state index < -0.39 is 23.8 Å². The van der Waals surface area contributed by atoms with Gasteiger partial charge in [0.1, 0.15) is 23.4 Å². The van der Waals surface area contributed by atoms with Gasteiger partial charge in [0.25, 0.3) is 5.91 Å². The normalized spacial score (nSPS) is 17.4.